The third kappa shape index (κ3) is 8.01. The van der Waals surface area contributed by atoms with Crippen LogP contribution in [-0.2, 0) is 0 Å². The minimum Gasteiger partial charge on any atom is -0.508 e. The summed E-state index contributed by atoms with van der Waals surface area (Å²) in [5, 5.41) is 12.7. The number of aromatic hydroxyl groups is 1. The number of para-hydroxylation sites is 1. The van der Waals surface area contributed by atoms with Gasteiger partial charge in [0, 0.05) is 12.4 Å². The van der Waals surface area contributed by atoms with Gasteiger partial charge in [0.15, 0.2) is 0 Å². The summed E-state index contributed by atoms with van der Waals surface area (Å²) in [7, 11) is 0. The van der Waals surface area contributed by atoms with Crippen molar-refractivity contribution in [2.45, 2.75) is 0 Å². The van der Waals surface area contributed by atoms with Gasteiger partial charge in [-0.15, -0.1) is 0 Å². The maximum atomic E-state index is 8.63. The van der Waals surface area contributed by atoms with Crippen molar-refractivity contribution in [1.82, 2.24) is 9.97 Å². The number of hydrogen-bond acceptors (Lipinski definition) is 4. The number of thiophene rings is 1. The molecule has 0 aliphatic rings. The lowest BCUT2D eigenvalue weighted by molar-refractivity contribution is 0.475. The summed E-state index contributed by atoms with van der Waals surface area (Å²) < 4.78 is 0. The fourth-order valence-electron chi connectivity index (χ4n) is 0.908. The molecule has 0 aliphatic carbocycles. The molecule has 2 heterocycles. The Morgan fingerprint density at radius 1 is 0.778 bits per heavy atom. The van der Waals surface area contributed by atoms with Crippen LogP contribution < -0.4 is 0 Å². The van der Waals surface area contributed by atoms with E-state index < -0.39 is 0 Å². The molecule has 0 saturated heterocycles. The summed E-state index contributed by atoms with van der Waals surface area (Å²) in [6.45, 7) is 0. The first kappa shape index (κ1) is 13.9. The van der Waals surface area contributed by atoms with Gasteiger partial charge in [-0.05, 0) is 29.0 Å². The lowest BCUT2D eigenvalue weighted by Crippen LogP contribution is -1.66. The van der Waals surface area contributed by atoms with Crippen LogP contribution in [0.3, 0.4) is 0 Å². The first-order valence-electron chi connectivity index (χ1n) is 5.31. The van der Waals surface area contributed by atoms with Gasteiger partial charge < -0.3 is 5.11 Å². The van der Waals surface area contributed by atoms with Crippen LogP contribution in [0.25, 0.3) is 0 Å². The molecule has 4 heteroatoms. The van der Waals surface area contributed by atoms with Gasteiger partial charge in [-0.2, -0.15) is 11.3 Å². The van der Waals surface area contributed by atoms with Gasteiger partial charge in [0.25, 0.3) is 0 Å². The Bertz CT molecular complexity index is 428. The monoisotopic (exact) mass is 258 g/mol. The molecular weight excluding hydrogens is 244 g/mol. The summed E-state index contributed by atoms with van der Waals surface area (Å²) in [6, 6.07) is 14.5. The van der Waals surface area contributed by atoms with Crippen molar-refractivity contribution in [3.8, 4) is 5.75 Å². The molecule has 2 aromatic heterocycles. The lowest BCUT2D eigenvalue weighted by atomic mass is 10.3. The molecule has 1 aromatic carbocycles. The highest BCUT2D eigenvalue weighted by Gasteiger charge is 1.74. The van der Waals surface area contributed by atoms with E-state index in [4.69, 9.17) is 5.11 Å². The fraction of sp³-hybridized carbons (Fsp3) is 0. The molecule has 3 rings (SSSR count). The Kier molecular flexibility index (Phi) is 7.69. The Hall–Kier alpha value is -2.20. The van der Waals surface area contributed by atoms with Gasteiger partial charge in [-0.1, -0.05) is 30.3 Å². The van der Waals surface area contributed by atoms with Gasteiger partial charge in [-0.25, -0.2) is 9.97 Å². The van der Waals surface area contributed by atoms with E-state index in [2.05, 4.69) is 9.97 Å². The summed E-state index contributed by atoms with van der Waals surface area (Å²) in [6.07, 6.45) is 4.88. The first-order valence-corrected chi connectivity index (χ1v) is 6.25. The molecule has 0 fully saturated rings. The van der Waals surface area contributed by atoms with E-state index >= 15 is 0 Å². The summed E-state index contributed by atoms with van der Waals surface area (Å²) in [5.41, 5.74) is 0. The van der Waals surface area contributed by atoms with Crippen LogP contribution in [0.4, 0.5) is 0 Å². The van der Waals surface area contributed by atoms with Gasteiger partial charge in [0.2, 0.25) is 0 Å². The predicted octanol–water partition coefficient (Wildman–Crippen LogP) is 3.62. The number of rotatable bonds is 0. The predicted molar refractivity (Wildman–Crippen MR) is 74.5 cm³/mol. The van der Waals surface area contributed by atoms with E-state index in [1.165, 1.54) is 6.33 Å². The Morgan fingerprint density at radius 2 is 1.39 bits per heavy atom. The van der Waals surface area contributed by atoms with Gasteiger partial charge in [-0.3, -0.25) is 0 Å². The Labute approximate surface area is 110 Å². The molecule has 3 nitrogen and oxygen atoms in total. The zero-order valence-corrected chi connectivity index (χ0v) is 10.6. The summed E-state index contributed by atoms with van der Waals surface area (Å²) in [5.74, 6) is 0.322. The van der Waals surface area contributed by atoms with Gasteiger partial charge >= 0.3 is 0 Å². The second-order valence-corrected chi connectivity index (χ2v) is 3.85. The smallest absolute Gasteiger partial charge is 0.115 e. The highest BCUT2D eigenvalue weighted by Crippen LogP contribution is 2.02. The van der Waals surface area contributed by atoms with Crippen LogP contribution in [-0.4, -0.2) is 15.1 Å². The lowest BCUT2D eigenvalue weighted by Gasteiger charge is -1.82. The molecule has 3 aromatic rings. The molecule has 0 atom stereocenters. The standard InChI is InChI=1S/C6H6O.C4H4N2.C4H4S/c7-6-4-2-1-3-5-6;1-2-5-4-6-3-1;1-2-4-5-3-1/h1-5,7H;1-4H;1-4H. The Balaban J connectivity index is 0.000000137. The van der Waals surface area contributed by atoms with Crippen molar-refractivity contribution >= 4 is 11.3 Å². The van der Waals surface area contributed by atoms with Crippen molar-refractivity contribution < 1.29 is 5.11 Å². The van der Waals surface area contributed by atoms with E-state index in [9.17, 15) is 0 Å². The maximum Gasteiger partial charge on any atom is 0.115 e. The molecule has 1 N–H and O–H groups in total. The molecule has 0 aliphatic heterocycles. The Morgan fingerprint density at radius 3 is 1.61 bits per heavy atom. The van der Waals surface area contributed by atoms with E-state index in [0.717, 1.165) is 0 Å². The number of aromatic nitrogens is 2. The zero-order valence-electron chi connectivity index (χ0n) is 9.76. The number of phenols is 1. The maximum absolute atomic E-state index is 8.63. The third-order valence-corrected chi connectivity index (χ3v) is 2.29. The summed E-state index contributed by atoms with van der Waals surface area (Å²) >= 11 is 1.71. The van der Waals surface area contributed by atoms with E-state index in [-0.39, 0.29) is 0 Å². The highest BCUT2D eigenvalue weighted by atomic mass is 32.1. The van der Waals surface area contributed by atoms with Gasteiger partial charge in [0.1, 0.15) is 12.1 Å². The van der Waals surface area contributed by atoms with Crippen LogP contribution in [0.2, 0.25) is 0 Å². The average molecular weight is 258 g/mol. The molecule has 0 amide bonds. The normalized spacial score (nSPS) is 8.22. The minimum atomic E-state index is 0.322. The molecular formula is C14H14N2OS. The van der Waals surface area contributed by atoms with Crippen LogP contribution in [0.15, 0.2) is 78.0 Å². The van der Waals surface area contributed by atoms with Crippen molar-refractivity contribution in [1.29, 1.82) is 0 Å². The number of hydrogen-bond donors (Lipinski definition) is 1. The topological polar surface area (TPSA) is 46.0 Å². The average Bonchev–Trinajstić information content (AvgIpc) is 3.01. The second-order valence-electron chi connectivity index (χ2n) is 3.03. The quantitative estimate of drug-likeness (QED) is 0.670. The molecule has 0 saturated carbocycles. The number of phenolic OH excluding ortho intramolecular Hbond substituents is 1. The van der Waals surface area contributed by atoms with Crippen molar-refractivity contribution in [2.24, 2.45) is 0 Å². The summed E-state index contributed by atoms with van der Waals surface area (Å²) in [4.78, 5) is 7.35. The van der Waals surface area contributed by atoms with E-state index in [1.54, 1.807) is 54.1 Å². The second kappa shape index (κ2) is 9.99. The molecule has 18 heavy (non-hydrogen) atoms. The highest BCUT2D eigenvalue weighted by molar-refractivity contribution is 7.07. The van der Waals surface area contributed by atoms with Crippen molar-refractivity contribution in [2.75, 3.05) is 0 Å². The molecule has 0 radical (unpaired) electrons. The largest absolute Gasteiger partial charge is 0.508 e. The molecule has 92 valence electrons. The number of nitrogens with zero attached hydrogens (tertiary/aromatic N) is 2. The van der Waals surface area contributed by atoms with Crippen molar-refractivity contribution in [3.63, 3.8) is 0 Å². The minimum absolute atomic E-state index is 0.322. The SMILES string of the molecule is Oc1ccccc1.c1ccsc1.c1cncnc1. The first-order chi connectivity index (χ1) is 8.89. The number of benzene rings is 1. The molecule has 0 spiro atoms. The molecule has 0 unspecified atom stereocenters. The van der Waals surface area contributed by atoms with E-state index in [0.29, 0.717) is 5.75 Å². The fourth-order valence-corrected chi connectivity index (χ4v) is 1.36. The zero-order chi connectivity index (χ0) is 12.9. The van der Waals surface area contributed by atoms with Crippen molar-refractivity contribution in [3.05, 3.63) is 78.0 Å². The van der Waals surface area contributed by atoms with Gasteiger partial charge in [0.05, 0.1) is 0 Å². The molecule has 0 bridgehead atoms. The van der Waals surface area contributed by atoms with Crippen LogP contribution in [0, 0.1) is 0 Å². The van der Waals surface area contributed by atoms with Crippen LogP contribution in [0.5, 0.6) is 5.75 Å². The third-order valence-electron chi connectivity index (χ3n) is 1.66. The van der Waals surface area contributed by atoms with Crippen LogP contribution in [0.1, 0.15) is 0 Å². The van der Waals surface area contributed by atoms with E-state index in [1.807, 2.05) is 29.0 Å². The van der Waals surface area contributed by atoms with Crippen LogP contribution >= 0.6 is 11.3 Å².